The van der Waals surface area contributed by atoms with Crippen LogP contribution in [0, 0.1) is 0 Å². The fraction of sp³-hybridized carbons (Fsp3) is 0.647. The minimum absolute atomic E-state index is 0.264. The minimum atomic E-state index is -0.357. The van der Waals surface area contributed by atoms with Crippen LogP contribution >= 0.6 is 0 Å². The maximum Gasteiger partial charge on any atom is 0.336 e. The van der Waals surface area contributed by atoms with Gasteiger partial charge in [0.05, 0.1) is 24.4 Å². The highest BCUT2D eigenvalue weighted by Crippen LogP contribution is 2.24. The molecule has 1 aliphatic heterocycles. The summed E-state index contributed by atoms with van der Waals surface area (Å²) < 4.78 is 10.5. The fourth-order valence-electron chi connectivity index (χ4n) is 2.12. The molecule has 0 aromatic heterocycles. The molecule has 1 aliphatic rings. The zero-order valence-electron chi connectivity index (χ0n) is 14.1. The van der Waals surface area contributed by atoms with E-state index in [0.717, 1.165) is 37.1 Å². The quantitative estimate of drug-likeness (QED) is 0.551. The number of nitrogens with one attached hydrogen (secondary N) is 1. The smallest absolute Gasteiger partial charge is 0.336 e. The summed E-state index contributed by atoms with van der Waals surface area (Å²) in [6, 6.07) is 0. The second kappa shape index (κ2) is 9.28. The summed E-state index contributed by atoms with van der Waals surface area (Å²) in [4.78, 5) is 24.2. The lowest BCUT2D eigenvalue weighted by Gasteiger charge is -2.22. The lowest BCUT2D eigenvalue weighted by Crippen LogP contribution is -2.27. The molecule has 0 atom stereocenters. The first kappa shape index (κ1) is 18.3. The molecule has 5 heteroatoms. The number of carbonyl (C=O) groups excluding carboxylic acids is 2. The van der Waals surface area contributed by atoms with Crippen molar-refractivity contribution in [1.82, 2.24) is 5.32 Å². The highest BCUT2D eigenvalue weighted by atomic mass is 16.5. The summed E-state index contributed by atoms with van der Waals surface area (Å²) in [7, 11) is 0. The summed E-state index contributed by atoms with van der Waals surface area (Å²) in [5.41, 5.74) is 2.49. The molecule has 22 heavy (non-hydrogen) atoms. The van der Waals surface area contributed by atoms with Crippen molar-refractivity contribution in [2.24, 2.45) is 0 Å². The molecule has 0 radical (unpaired) electrons. The van der Waals surface area contributed by atoms with Crippen LogP contribution in [0.1, 0.15) is 59.8 Å². The number of hydrogen-bond acceptors (Lipinski definition) is 5. The van der Waals surface area contributed by atoms with E-state index in [1.807, 2.05) is 27.7 Å². The molecule has 0 saturated heterocycles. The monoisotopic (exact) mass is 309 g/mol. The van der Waals surface area contributed by atoms with Crippen molar-refractivity contribution in [1.29, 1.82) is 0 Å². The number of unbranched alkanes of at least 4 members (excludes halogenated alkanes) is 2. The summed E-state index contributed by atoms with van der Waals surface area (Å²) in [5.74, 6) is -0.713. The molecule has 0 spiro atoms. The Kier molecular flexibility index (Phi) is 7.71. The first-order valence-corrected chi connectivity index (χ1v) is 8.02. The van der Waals surface area contributed by atoms with Crippen molar-refractivity contribution < 1.29 is 19.1 Å². The van der Waals surface area contributed by atoms with Gasteiger partial charge in [0.1, 0.15) is 0 Å². The zero-order chi connectivity index (χ0) is 16.5. The van der Waals surface area contributed by atoms with E-state index in [-0.39, 0.29) is 18.4 Å². The molecule has 124 valence electrons. The lowest BCUT2D eigenvalue weighted by atomic mass is 9.98. The van der Waals surface area contributed by atoms with Crippen molar-refractivity contribution in [2.75, 3.05) is 13.2 Å². The summed E-state index contributed by atoms with van der Waals surface area (Å²) in [6.07, 6.45) is 3.88. The molecule has 1 heterocycles. The molecular weight excluding hydrogens is 282 g/mol. The van der Waals surface area contributed by atoms with Gasteiger partial charge in [0.25, 0.3) is 0 Å². The minimum Gasteiger partial charge on any atom is -0.462 e. The van der Waals surface area contributed by atoms with Crippen LogP contribution in [0.25, 0.3) is 0 Å². The maximum atomic E-state index is 12.1. The second-order valence-electron chi connectivity index (χ2n) is 5.49. The topological polar surface area (TPSA) is 64.6 Å². The van der Waals surface area contributed by atoms with Gasteiger partial charge in [0.15, 0.2) is 0 Å². The molecule has 5 nitrogen and oxygen atoms in total. The molecule has 1 rings (SSSR count). The van der Waals surface area contributed by atoms with Crippen LogP contribution < -0.4 is 5.32 Å². The van der Waals surface area contributed by atoms with Gasteiger partial charge < -0.3 is 14.8 Å². The molecule has 0 saturated carbocycles. The fourth-order valence-corrected chi connectivity index (χ4v) is 2.12. The predicted molar refractivity (Wildman–Crippen MR) is 84.9 cm³/mol. The Morgan fingerprint density at radius 3 is 1.68 bits per heavy atom. The van der Waals surface area contributed by atoms with Gasteiger partial charge in [-0.25, -0.2) is 9.59 Å². The largest absolute Gasteiger partial charge is 0.462 e. The molecule has 0 aromatic rings. The molecule has 0 amide bonds. The maximum absolute atomic E-state index is 12.1. The highest BCUT2D eigenvalue weighted by Gasteiger charge is 2.26. The van der Waals surface area contributed by atoms with Crippen molar-refractivity contribution in [2.45, 2.75) is 59.8 Å². The Bertz CT molecular complexity index is 435. The van der Waals surface area contributed by atoms with E-state index in [0.29, 0.717) is 24.4 Å². The normalized spacial score (nSPS) is 14.7. The third kappa shape index (κ3) is 5.20. The van der Waals surface area contributed by atoms with Crippen LogP contribution in [0.2, 0.25) is 0 Å². The Labute approximate surface area is 132 Å². The number of allylic oxidation sites excluding steroid dienone is 2. The molecule has 0 aliphatic carbocycles. The predicted octanol–water partition coefficient (Wildman–Crippen LogP) is 3.21. The first-order valence-electron chi connectivity index (χ1n) is 8.02. The van der Waals surface area contributed by atoms with Crippen LogP contribution in [0.15, 0.2) is 22.5 Å². The highest BCUT2D eigenvalue weighted by molar-refractivity contribution is 5.96. The van der Waals surface area contributed by atoms with Gasteiger partial charge in [0, 0.05) is 17.8 Å². The van der Waals surface area contributed by atoms with E-state index in [9.17, 15) is 9.59 Å². The van der Waals surface area contributed by atoms with Crippen LogP contribution in [-0.4, -0.2) is 25.2 Å². The molecule has 1 N–H and O–H groups in total. The molecule has 0 bridgehead atoms. The SMILES string of the molecule is CCCCOC(=O)C1=C(C)NC(C)=C(C(=O)OCCCC)C1. The van der Waals surface area contributed by atoms with Gasteiger partial charge in [-0.3, -0.25) is 0 Å². The van der Waals surface area contributed by atoms with Crippen molar-refractivity contribution in [3.8, 4) is 0 Å². The Balaban J connectivity index is 2.69. The van der Waals surface area contributed by atoms with E-state index in [1.165, 1.54) is 0 Å². The van der Waals surface area contributed by atoms with E-state index < -0.39 is 0 Å². The van der Waals surface area contributed by atoms with Gasteiger partial charge in [-0.05, 0) is 26.7 Å². The van der Waals surface area contributed by atoms with Gasteiger partial charge in [-0.15, -0.1) is 0 Å². The van der Waals surface area contributed by atoms with Crippen LogP contribution in [0.5, 0.6) is 0 Å². The second-order valence-corrected chi connectivity index (χ2v) is 5.49. The standard InChI is InChI=1S/C17H27NO4/c1-5-7-9-21-16(19)14-11-15(13(4)18-12(14)3)17(20)22-10-8-6-2/h18H,5-11H2,1-4H3. The molecule has 0 fully saturated rings. The number of hydrogen-bond donors (Lipinski definition) is 1. The molecule has 0 unspecified atom stereocenters. The summed E-state index contributed by atoms with van der Waals surface area (Å²) in [5, 5.41) is 3.08. The van der Waals surface area contributed by atoms with Crippen molar-refractivity contribution >= 4 is 11.9 Å². The Morgan fingerprint density at radius 2 is 1.32 bits per heavy atom. The van der Waals surface area contributed by atoms with Gasteiger partial charge >= 0.3 is 11.9 Å². The number of dihydropyridines is 1. The Morgan fingerprint density at radius 1 is 0.909 bits per heavy atom. The zero-order valence-corrected chi connectivity index (χ0v) is 14.1. The van der Waals surface area contributed by atoms with Crippen LogP contribution in [0.3, 0.4) is 0 Å². The average molecular weight is 309 g/mol. The van der Waals surface area contributed by atoms with Crippen molar-refractivity contribution in [3.63, 3.8) is 0 Å². The first-order chi connectivity index (χ1) is 10.5. The third-order valence-electron chi connectivity index (χ3n) is 3.59. The summed E-state index contributed by atoms with van der Waals surface area (Å²) >= 11 is 0. The average Bonchev–Trinajstić information content (AvgIpc) is 2.47. The molecule has 0 aromatic carbocycles. The van der Waals surface area contributed by atoms with Crippen LogP contribution in [-0.2, 0) is 19.1 Å². The lowest BCUT2D eigenvalue weighted by molar-refractivity contribution is -0.139. The number of carbonyl (C=O) groups is 2. The van der Waals surface area contributed by atoms with Gasteiger partial charge in [-0.2, -0.15) is 0 Å². The number of esters is 2. The van der Waals surface area contributed by atoms with E-state index in [2.05, 4.69) is 5.32 Å². The van der Waals surface area contributed by atoms with Crippen LogP contribution in [0.4, 0.5) is 0 Å². The van der Waals surface area contributed by atoms with Crippen molar-refractivity contribution in [3.05, 3.63) is 22.5 Å². The number of rotatable bonds is 8. The Hall–Kier alpha value is -1.78. The van der Waals surface area contributed by atoms with Gasteiger partial charge in [-0.1, -0.05) is 26.7 Å². The van der Waals surface area contributed by atoms with Gasteiger partial charge in [0.2, 0.25) is 0 Å². The van der Waals surface area contributed by atoms with E-state index in [1.54, 1.807) is 0 Å². The van der Waals surface area contributed by atoms with E-state index in [4.69, 9.17) is 9.47 Å². The summed E-state index contributed by atoms with van der Waals surface area (Å²) in [6.45, 7) is 8.53. The molecular formula is C17H27NO4. The third-order valence-corrected chi connectivity index (χ3v) is 3.59. The number of ether oxygens (including phenoxy) is 2. The van der Waals surface area contributed by atoms with E-state index >= 15 is 0 Å².